The van der Waals surface area contributed by atoms with Crippen molar-refractivity contribution in [2.75, 3.05) is 12.3 Å². The van der Waals surface area contributed by atoms with Gasteiger partial charge in [0, 0.05) is 37.3 Å². The third-order valence-electron chi connectivity index (χ3n) is 6.17. The molecule has 38 heavy (non-hydrogen) atoms. The van der Waals surface area contributed by atoms with E-state index in [1.54, 1.807) is 0 Å². The molecule has 0 radical (unpaired) electrons. The van der Waals surface area contributed by atoms with Crippen molar-refractivity contribution in [3.63, 3.8) is 0 Å². The maximum atomic E-state index is 13.8. The fraction of sp³-hybridized carbons (Fsp3) is 0.310. The molecular formula is C29H32F2N4O2S. The number of aliphatic hydroxyl groups is 1. The second kappa shape index (κ2) is 13.5. The third kappa shape index (κ3) is 8.11. The summed E-state index contributed by atoms with van der Waals surface area (Å²) in [5, 5.41) is 17.0. The molecule has 0 aliphatic carbocycles. The fourth-order valence-corrected chi connectivity index (χ4v) is 5.00. The molecule has 9 heteroatoms. The van der Waals surface area contributed by atoms with Crippen LogP contribution in [0.25, 0.3) is 5.65 Å². The number of aryl methyl sites for hydroxylation is 1. The number of halogens is 2. The number of carbonyl (C=O) groups excluding carboxylic acids is 1. The van der Waals surface area contributed by atoms with Crippen molar-refractivity contribution in [2.24, 2.45) is 0 Å². The Labute approximate surface area is 225 Å². The van der Waals surface area contributed by atoms with E-state index in [1.807, 2.05) is 47.1 Å². The van der Waals surface area contributed by atoms with Gasteiger partial charge in [0.1, 0.15) is 17.3 Å². The summed E-state index contributed by atoms with van der Waals surface area (Å²) in [6, 6.07) is 16.4. The summed E-state index contributed by atoms with van der Waals surface area (Å²) in [5.74, 6) is -0.954. The van der Waals surface area contributed by atoms with Crippen LogP contribution in [0, 0.1) is 11.6 Å². The Morgan fingerprint density at radius 2 is 1.84 bits per heavy atom. The zero-order valence-corrected chi connectivity index (χ0v) is 22.1. The Bertz CT molecular complexity index is 1310. The van der Waals surface area contributed by atoms with Gasteiger partial charge < -0.3 is 20.1 Å². The van der Waals surface area contributed by atoms with Crippen molar-refractivity contribution in [3.05, 3.63) is 107 Å². The molecule has 0 saturated heterocycles. The van der Waals surface area contributed by atoms with Crippen molar-refractivity contribution >= 4 is 23.3 Å². The van der Waals surface area contributed by atoms with Gasteiger partial charge in [0.05, 0.1) is 23.6 Å². The highest BCUT2D eigenvalue weighted by Crippen LogP contribution is 2.15. The number of thioether (sulfide) groups is 1. The first-order valence-electron chi connectivity index (χ1n) is 12.6. The lowest BCUT2D eigenvalue weighted by Gasteiger charge is -2.25. The van der Waals surface area contributed by atoms with Crippen molar-refractivity contribution in [2.45, 2.75) is 44.2 Å². The monoisotopic (exact) mass is 538 g/mol. The van der Waals surface area contributed by atoms with Crippen molar-refractivity contribution in [1.82, 2.24) is 20.0 Å². The van der Waals surface area contributed by atoms with E-state index < -0.39 is 23.8 Å². The van der Waals surface area contributed by atoms with E-state index in [-0.39, 0.29) is 24.6 Å². The number of hydrogen-bond donors (Lipinski definition) is 3. The SMILES string of the molecule is CCc1cccc(CNC[C@@H](O)[C@H](Cc2cc(F)cc(F)c2)NC(=O)CSCc2cn3ccccc3n2)c1. The lowest BCUT2D eigenvalue weighted by molar-refractivity contribution is -0.120. The molecule has 4 aromatic rings. The molecule has 0 saturated carbocycles. The van der Waals surface area contributed by atoms with Gasteiger partial charge in [-0.2, -0.15) is 0 Å². The fourth-order valence-electron chi connectivity index (χ4n) is 4.29. The molecule has 0 unspecified atom stereocenters. The molecule has 3 N–H and O–H groups in total. The number of aromatic nitrogens is 2. The lowest BCUT2D eigenvalue weighted by Crippen LogP contribution is -2.49. The van der Waals surface area contributed by atoms with Gasteiger partial charge in [-0.05, 0) is 53.8 Å². The van der Waals surface area contributed by atoms with E-state index in [1.165, 1.54) is 29.5 Å². The number of benzene rings is 2. The van der Waals surface area contributed by atoms with Crippen LogP contribution in [0.2, 0.25) is 0 Å². The number of aliphatic hydroxyl groups excluding tert-OH is 1. The molecule has 1 amide bonds. The van der Waals surface area contributed by atoms with Gasteiger partial charge in [0.25, 0.3) is 0 Å². The van der Waals surface area contributed by atoms with Crippen LogP contribution in [0.15, 0.2) is 73.1 Å². The first-order chi connectivity index (χ1) is 18.4. The van der Waals surface area contributed by atoms with E-state index in [0.717, 1.165) is 29.4 Å². The molecule has 0 aliphatic heterocycles. The van der Waals surface area contributed by atoms with Gasteiger partial charge in [-0.1, -0.05) is 37.3 Å². The molecule has 6 nitrogen and oxygen atoms in total. The average molecular weight is 539 g/mol. The van der Waals surface area contributed by atoms with Crippen LogP contribution in [0.5, 0.6) is 0 Å². The van der Waals surface area contributed by atoms with Crippen LogP contribution in [0.1, 0.15) is 29.3 Å². The standard InChI is InChI=1S/C29H32F2N4O2S/c1-2-20-6-5-7-21(10-20)15-32-16-27(36)26(13-22-11-23(30)14-24(31)12-22)34-29(37)19-38-18-25-17-35-9-4-3-8-28(35)33-25/h3-12,14,17,26-27,32,36H,2,13,15-16,18-19H2,1H3,(H,34,37)/t26-,27+/m0/s1. The van der Waals surface area contributed by atoms with Gasteiger partial charge in [-0.3, -0.25) is 4.79 Å². The van der Waals surface area contributed by atoms with E-state index in [9.17, 15) is 18.7 Å². The molecule has 0 aliphatic rings. The Balaban J connectivity index is 1.34. The second-order valence-electron chi connectivity index (χ2n) is 9.22. The first-order valence-corrected chi connectivity index (χ1v) is 13.8. The highest BCUT2D eigenvalue weighted by atomic mass is 32.2. The molecule has 200 valence electrons. The minimum atomic E-state index is -0.969. The first kappa shape index (κ1) is 27.8. The Morgan fingerprint density at radius 1 is 1.05 bits per heavy atom. The Morgan fingerprint density at radius 3 is 2.61 bits per heavy atom. The summed E-state index contributed by atoms with van der Waals surface area (Å²) in [4.78, 5) is 17.3. The molecule has 4 rings (SSSR count). The molecule has 0 spiro atoms. The van der Waals surface area contributed by atoms with Crippen LogP contribution in [0.3, 0.4) is 0 Å². The van der Waals surface area contributed by atoms with Gasteiger partial charge >= 0.3 is 0 Å². The number of nitrogens with one attached hydrogen (secondary N) is 2. The second-order valence-corrected chi connectivity index (χ2v) is 10.2. The quantitative estimate of drug-likeness (QED) is 0.237. The third-order valence-corrected chi connectivity index (χ3v) is 7.13. The minimum absolute atomic E-state index is 0.0890. The van der Waals surface area contributed by atoms with Gasteiger partial charge in [0.15, 0.2) is 0 Å². The smallest absolute Gasteiger partial charge is 0.230 e. The van der Waals surface area contributed by atoms with E-state index in [2.05, 4.69) is 34.7 Å². The number of nitrogens with zero attached hydrogens (tertiary/aromatic N) is 2. The highest BCUT2D eigenvalue weighted by Gasteiger charge is 2.22. The molecule has 2 aromatic carbocycles. The maximum Gasteiger partial charge on any atom is 0.230 e. The van der Waals surface area contributed by atoms with Crippen molar-refractivity contribution in [1.29, 1.82) is 0 Å². The normalized spacial score (nSPS) is 12.9. The van der Waals surface area contributed by atoms with Gasteiger partial charge in [-0.15, -0.1) is 11.8 Å². The zero-order chi connectivity index (χ0) is 26.9. The summed E-state index contributed by atoms with van der Waals surface area (Å²) in [6.07, 6.45) is 3.89. The maximum absolute atomic E-state index is 13.8. The van der Waals surface area contributed by atoms with Crippen LogP contribution < -0.4 is 10.6 Å². The van der Waals surface area contributed by atoms with Crippen molar-refractivity contribution < 1.29 is 18.7 Å². The number of pyridine rings is 1. The summed E-state index contributed by atoms with van der Waals surface area (Å²) in [6.45, 7) is 2.84. The van der Waals surface area contributed by atoms with Crippen LogP contribution in [-0.4, -0.2) is 44.8 Å². The van der Waals surface area contributed by atoms with E-state index >= 15 is 0 Å². The number of carbonyl (C=O) groups is 1. The highest BCUT2D eigenvalue weighted by molar-refractivity contribution is 7.99. The van der Waals surface area contributed by atoms with Crippen LogP contribution in [-0.2, 0) is 29.9 Å². The number of rotatable bonds is 13. The molecule has 2 heterocycles. The summed E-state index contributed by atoms with van der Waals surface area (Å²) in [7, 11) is 0. The number of imidazole rings is 1. The Hall–Kier alpha value is -3.27. The molecule has 2 atom stereocenters. The predicted molar refractivity (Wildman–Crippen MR) is 147 cm³/mol. The summed E-state index contributed by atoms with van der Waals surface area (Å²) in [5.41, 5.74) is 4.38. The summed E-state index contributed by atoms with van der Waals surface area (Å²) >= 11 is 1.41. The lowest BCUT2D eigenvalue weighted by atomic mass is 10.0. The molecule has 0 fully saturated rings. The van der Waals surface area contributed by atoms with E-state index in [0.29, 0.717) is 17.9 Å². The summed E-state index contributed by atoms with van der Waals surface area (Å²) < 4.78 is 29.5. The number of amides is 1. The van der Waals surface area contributed by atoms with Gasteiger partial charge in [0.2, 0.25) is 5.91 Å². The molecular weight excluding hydrogens is 506 g/mol. The average Bonchev–Trinajstić information content (AvgIpc) is 3.30. The molecule has 2 aromatic heterocycles. The van der Waals surface area contributed by atoms with Crippen LogP contribution in [0.4, 0.5) is 8.78 Å². The minimum Gasteiger partial charge on any atom is -0.390 e. The topological polar surface area (TPSA) is 78.7 Å². The number of fused-ring (bicyclic) bond motifs is 1. The van der Waals surface area contributed by atoms with Gasteiger partial charge in [-0.25, -0.2) is 13.8 Å². The predicted octanol–water partition coefficient (Wildman–Crippen LogP) is 4.29. The van der Waals surface area contributed by atoms with E-state index in [4.69, 9.17) is 0 Å². The van der Waals surface area contributed by atoms with Crippen molar-refractivity contribution in [3.8, 4) is 0 Å². The Kier molecular flexibility index (Phi) is 9.86. The molecule has 0 bridgehead atoms. The van der Waals surface area contributed by atoms with Crippen LogP contribution >= 0.6 is 11.8 Å². The zero-order valence-electron chi connectivity index (χ0n) is 21.2. The largest absolute Gasteiger partial charge is 0.390 e. The number of hydrogen-bond acceptors (Lipinski definition) is 5.